The number of likely N-dealkylation sites (N-methyl/N-ethyl adjacent to an activating group) is 1. The van der Waals surface area contributed by atoms with Gasteiger partial charge in [-0.05, 0) is 38.9 Å². The second kappa shape index (κ2) is 7.00. The average Bonchev–Trinajstić information content (AvgIpc) is 2.83. The lowest BCUT2D eigenvalue weighted by Gasteiger charge is -2.34. The zero-order valence-corrected chi connectivity index (χ0v) is 13.7. The molecule has 1 fully saturated rings. The van der Waals surface area contributed by atoms with Crippen molar-refractivity contribution in [1.82, 2.24) is 14.3 Å². The zero-order valence-electron chi connectivity index (χ0n) is 12.1. The van der Waals surface area contributed by atoms with Crippen LogP contribution in [0.25, 0.3) is 0 Å². The summed E-state index contributed by atoms with van der Waals surface area (Å²) in [5.74, 6) is 0. The molecular weight excluding hydrogens is 294 g/mol. The molecule has 0 aliphatic carbocycles. The molecule has 0 radical (unpaired) electrons. The Morgan fingerprint density at radius 2 is 2.20 bits per heavy atom. The van der Waals surface area contributed by atoms with Gasteiger partial charge in [-0.3, -0.25) is 0 Å². The second-order valence-corrected chi connectivity index (χ2v) is 8.24. The lowest BCUT2D eigenvalue weighted by molar-refractivity contribution is 0.246. The van der Waals surface area contributed by atoms with Crippen LogP contribution in [-0.2, 0) is 16.8 Å². The van der Waals surface area contributed by atoms with Gasteiger partial charge in [-0.15, -0.1) is 11.3 Å². The maximum absolute atomic E-state index is 12.4. The van der Waals surface area contributed by atoms with Crippen molar-refractivity contribution in [3.05, 3.63) is 21.9 Å². The minimum absolute atomic E-state index is 0.0660. The van der Waals surface area contributed by atoms with Gasteiger partial charge in [0, 0.05) is 35.4 Å². The van der Waals surface area contributed by atoms with Crippen molar-refractivity contribution in [2.24, 2.45) is 0 Å². The van der Waals surface area contributed by atoms with E-state index in [0.717, 1.165) is 24.1 Å². The Kier molecular flexibility index (Phi) is 5.57. The molecule has 1 aliphatic rings. The topological polar surface area (TPSA) is 61.4 Å². The fourth-order valence-corrected chi connectivity index (χ4v) is 4.92. The van der Waals surface area contributed by atoms with Crippen molar-refractivity contribution in [2.75, 3.05) is 20.1 Å². The van der Waals surface area contributed by atoms with E-state index >= 15 is 0 Å². The third-order valence-electron chi connectivity index (χ3n) is 3.55. The minimum atomic E-state index is -3.39. The first-order chi connectivity index (χ1) is 9.53. The molecule has 1 aromatic heterocycles. The number of hydrogen-bond donors (Lipinski definition) is 2. The summed E-state index contributed by atoms with van der Waals surface area (Å²) in [6, 6.07) is 4.05. The van der Waals surface area contributed by atoms with E-state index in [9.17, 15) is 8.42 Å². The summed E-state index contributed by atoms with van der Waals surface area (Å²) in [5, 5.41) is 3.08. The molecule has 2 heterocycles. The predicted octanol–water partition coefficient (Wildman–Crippen LogP) is 1.46. The van der Waals surface area contributed by atoms with E-state index in [0.29, 0.717) is 19.6 Å². The highest BCUT2D eigenvalue weighted by Crippen LogP contribution is 2.20. The van der Waals surface area contributed by atoms with E-state index in [-0.39, 0.29) is 6.04 Å². The molecule has 1 aromatic rings. The molecule has 5 nitrogen and oxygen atoms in total. The van der Waals surface area contributed by atoms with Crippen molar-refractivity contribution in [3.63, 3.8) is 0 Å². The zero-order chi connectivity index (χ0) is 14.6. The van der Waals surface area contributed by atoms with E-state index in [4.69, 9.17) is 0 Å². The molecule has 1 saturated heterocycles. The molecule has 2 rings (SSSR count). The standard InChI is InChI=1S/C13H23N3O2S2/c1-11-6-7-13(19-11)10-15-20(17,18)16-8-4-3-5-12(16)9-14-2/h6-7,12,14-15H,3-5,8-10H2,1-2H3. The van der Waals surface area contributed by atoms with Crippen LogP contribution in [0.3, 0.4) is 0 Å². The van der Waals surface area contributed by atoms with Crippen LogP contribution in [-0.4, -0.2) is 38.9 Å². The minimum Gasteiger partial charge on any atom is -0.318 e. The van der Waals surface area contributed by atoms with Crippen LogP contribution in [0.4, 0.5) is 0 Å². The first kappa shape index (κ1) is 15.9. The summed E-state index contributed by atoms with van der Waals surface area (Å²) in [6.45, 7) is 3.73. The number of hydrogen-bond acceptors (Lipinski definition) is 4. The van der Waals surface area contributed by atoms with Gasteiger partial charge in [-0.1, -0.05) is 6.42 Å². The highest BCUT2D eigenvalue weighted by Gasteiger charge is 2.31. The number of nitrogens with zero attached hydrogens (tertiary/aromatic N) is 1. The van der Waals surface area contributed by atoms with E-state index in [1.807, 2.05) is 26.1 Å². The number of piperidine rings is 1. The molecule has 0 spiro atoms. The van der Waals surface area contributed by atoms with Crippen molar-refractivity contribution in [1.29, 1.82) is 0 Å². The summed E-state index contributed by atoms with van der Waals surface area (Å²) in [6.07, 6.45) is 2.97. The van der Waals surface area contributed by atoms with Crippen LogP contribution in [0.1, 0.15) is 29.0 Å². The fourth-order valence-electron chi connectivity index (χ4n) is 2.56. The van der Waals surface area contributed by atoms with E-state index in [1.165, 1.54) is 4.88 Å². The Morgan fingerprint density at radius 3 is 2.85 bits per heavy atom. The molecule has 114 valence electrons. The monoisotopic (exact) mass is 317 g/mol. The first-order valence-electron chi connectivity index (χ1n) is 6.99. The molecular formula is C13H23N3O2S2. The molecule has 7 heteroatoms. The Labute approximate surface area is 125 Å². The van der Waals surface area contributed by atoms with Gasteiger partial charge >= 0.3 is 0 Å². The third kappa shape index (κ3) is 4.02. The van der Waals surface area contributed by atoms with Gasteiger partial charge in [0.1, 0.15) is 0 Å². The van der Waals surface area contributed by atoms with Crippen LogP contribution in [0.15, 0.2) is 12.1 Å². The molecule has 1 aliphatic heterocycles. The lowest BCUT2D eigenvalue weighted by Crippen LogP contribution is -2.51. The van der Waals surface area contributed by atoms with Crippen LogP contribution in [0.5, 0.6) is 0 Å². The summed E-state index contributed by atoms with van der Waals surface area (Å²) >= 11 is 1.63. The summed E-state index contributed by atoms with van der Waals surface area (Å²) in [7, 11) is -1.53. The summed E-state index contributed by atoms with van der Waals surface area (Å²) < 4.78 is 29.2. The van der Waals surface area contributed by atoms with Gasteiger partial charge in [0.25, 0.3) is 10.2 Å². The molecule has 0 aromatic carbocycles. The first-order valence-corrected chi connectivity index (χ1v) is 9.25. The Bertz CT molecular complexity index is 525. The molecule has 2 N–H and O–H groups in total. The van der Waals surface area contributed by atoms with Gasteiger partial charge in [-0.25, -0.2) is 0 Å². The van der Waals surface area contributed by atoms with Crippen LogP contribution in [0, 0.1) is 6.92 Å². The van der Waals surface area contributed by atoms with Crippen molar-refractivity contribution >= 4 is 21.5 Å². The molecule has 0 bridgehead atoms. The molecule has 1 unspecified atom stereocenters. The third-order valence-corrected chi connectivity index (χ3v) is 6.15. The highest BCUT2D eigenvalue weighted by atomic mass is 32.2. The SMILES string of the molecule is CNCC1CCCCN1S(=O)(=O)NCc1ccc(C)s1. The van der Waals surface area contributed by atoms with Crippen molar-refractivity contribution in [2.45, 2.75) is 38.8 Å². The van der Waals surface area contributed by atoms with Crippen LogP contribution in [0.2, 0.25) is 0 Å². The van der Waals surface area contributed by atoms with E-state index in [2.05, 4.69) is 10.0 Å². The normalized spacial score (nSPS) is 21.2. The largest absolute Gasteiger partial charge is 0.318 e. The maximum atomic E-state index is 12.4. The quantitative estimate of drug-likeness (QED) is 0.835. The van der Waals surface area contributed by atoms with E-state index in [1.54, 1.807) is 15.6 Å². The van der Waals surface area contributed by atoms with Crippen LogP contribution >= 0.6 is 11.3 Å². The predicted molar refractivity (Wildman–Crippen MR) is 83.1 cm³/mol. The van der Waals surface area contributed by atoms with Crippen LogP contribution < -0.4 is 10.0 Å². The smallest absolute Gasteiger partial charge is 0.280 e. The van der Waals surface area contributed by atoms with Gasteiger partial charge in [0.05, 0.1) is 0 Å². The van der Waals surface area contributed by atoms with Crippen molar-refractivity contribution in [3.8, 4) is 0 Å². The fraction of sp³-hybridized carbons (Fsp3) is 0.692. The number of rotatable bonds is 6. The number of thiophene rings is 1. The Hall–Kier alpha value is -0.470. The number of aryl methyl sites for hydroxylation is 1. The lowest BCUT2D eigenvalue weighted by atomic mass is 10.1. The van der Waals surface area contributed by atoms with E-state index < -0.39 is 10.2 Å². The molecule has 1 atom stereocenters. The van der Waals surface area contributed by atoms with Gasteiger partial charge in [0.15, 0.2) is 0 Å². The van der Waals surface area contributed by atoms with Gasteiger partial charge < -0.3 is 5.32 Å². The average molecular weight is 317 g/mol. The molecule has 0 saturated carbocycles. The Balaban J connectivity index is 2.00. The number of nitrogens with one attached hydrogen (secondary N) is 2. The second-order valence-electron chi connectivity index (χ2n) is 5.16. The van der Waals surface area contributed by atoms with Gasteiger partial charge in [0.2, 0.25) is 0 Å². The van der Waals surface area contributed by atoms with Crippen molar-refractivity contribution < 1.29 is 8.42 Å². The maximum Gasteiger partial charge on any atom is 0.280 e. The highest BCUT2D eigenvalue weighted by molar-refractivity contribution is 7.87. The Morgan fingerprint density at radius 1 is 1.40 bits per heavy atom. The molecule has 0 amide bonds. The molecule has 20 heavy (non-hydrogen) atoms. The summed E-state index contributed by atoms with van der Waals surface area (Å²) in [5.41, 5.74) is 0. The summed E-state index contributed by atoms with van der Waals surface area (Å²) in [4.78, 5) is 2.25. The van der Waals surface area contributed by atoms with Gasteiger partial charge in [-0.2, -0.15) is 17.4 Å².